The number of hydrogen-bond donors (Lipinski definition) is 2. The Morgan fingerprint density at radius 1 is 1.37 bits per heavy atom. The highest BCUT2D eigenvalue weighted by Gasteiger charge is 2.34. The molecule has 2 aliphatic rings. The molecule has 0 aromatic carbocycles. The van der Waals surface area contributed by atoms with Crippen LogP contribution in [0.1, 0.15) is 61.5 Å². The lowest BCUT2D eigenvalue weighted by molar-refractivity contribution is 0.0749. The summed E-state index contributed by atoms with van der Waals surface area (Å²) in [6.07, 6.45) is 9.48. The smallest absolute Gasteiger partial charge is 0.268 e. The molecular formula is C15H22N2O2. The molecule has 0 spiro atoms. The second-order valence-corrected chi connectivity index (χ2v) is 5.99. The monoisotopic (exact) mass is 262 g/mol. The highest BCUT2D eigenvalue weighted by atomic mass is 16.3. The first kappa shape index (κ1) is 12.7. The summed E-state index contributed by atoms with van der Waals surface area (Å²) in [5.41, 5.74) is 0.342. The predicted molar refractivity (Wildman–Crippen MR) is 73.1 cm³/mol. The lowest BCUT2D eigenvalue weighted by atomic mass is 9.82. The minimum atomic E-state index is -0.395. The SMILES string of the molecule is O=C(NC1(CO)CCCCC1)c1cccn1C1CC1. The Morgan fingerprint density at radius 2 is 2.11 bits per heavy atom. The second-order valence-electron chi connectivity index (χ2n) is 5.99. The maximum Gasteiger partial charge on any atom is 0.268 e. The molecule has 0 atom stereocenters. The van der Waals surface area contributed by atoms with Crippen molar-refractivity contribution in [1.82, 2.24) is 9.88 Å². The van der Waals surface area contributed by atoms with E-state index in [0.29, 0.717) is 6.04 Å². The molecule has 1 heterocycles. The number of aliphatic hydroxyl groups is 1. The van der Waals surface area contributed by atoms with E-state index in [1.54, 1.807) is 0 Å². The molecule has 0 unspecified atom stereocenters. The summed E-state index contributed by atoms with van der Waals surface area (Å²) in [5, 5.41) is 12.8. The summed E-state index contributed by atoms with van der Waals surface area (Å²) >= 11 is 0. The fourth-order valence-electron chi connectivity index (χ4n) is 3.11. The van der Waals surface area contributed by atoms with Crippen LogP contribution in [0.2, 0.25) is 0 Å². The van der Waals surface area contributed by atoms with Gasteiger partial charge in [0, 0.05) is 12.2 Å². The van der Waals surface area contributed by atoms with Crippen LogP contribution in [0.3, 0.4) is 0 Å². The molecular weight excluding hydrogens is 240 g/mol. The van der Waals surface area contributed by atoms with Crippen molar-refractivity contribution >= 4 is 5.91 Å². The van der Waals surface area contributed by atoms with E-state index in [4.69, 9.17) is 0 Å². The summed E-state index contributed by atoms with van der Waals surface area (Å²) in [6.45, 7) is 0.0445. The number of nitrogens with zero attached hydrogens (tertiary/aromatic N) is 1. The molecule has 2 aliphatic carbocycles. The van der Waals surface area contributed by atoms with Gasteiger partial charge in [-0.05, 0) is 37.8 Å². The Hall–Kier alpha value is -1.29. The Morgan fingerprint density at radius 3 is 2.74 bits per heavy atom. The molecule has 1 aromatic rings. The normalized spacial score (nSPS) is 22.2. The van der Waals surface area contributed by atoms with Crippen molar-refractivity contribution in [3.05, 3.63) is 24.0 Å². The number of aromatic nitrogens is 1. The molecule has 0 aliphatic heterocycles. The van der Waals surface area contributed by atoms with Gasteiger partial charge >= 0.3 is 0 Å². The Balaban J connectivity index is 1.74. The van der Waals surface area contributed by atoms with Crippen LogP contribution >= 0.6 is 0 Å². The lowest BCUT2D eigenvalue weighted by Crippen LogP contribution is -2.52. The van der Waals surface area contributed by atoms with Crippen LogP contribution in [0.15, 0.2) is 18.3 Å². The van der Waals surface area contributed by atoms with Gasteiger partial charge in [-0.1, -0.05) is 19.3 Å². The maximum absolute atomic E-state index is 12.4. The third kappa shape index (κ3) is 2.54. The average Bonchev–Trinajstić information content (AvgIpc) is 3.17. The number of nitrogens with one attached hydrogen (secondary N) is 1. The molecule has 0 radical (unpaired) electrons. The topological polar surface area (TPSA) is 54.3 Å². The minimum Gasteiger partial charge on any atom is -0.394 e. The number of amides is 1. The van der Waals surface area contributed by atoms with E-state index in [-0.39, 0.29) is 12.5 Å². The molecule has 3 rings (SSSR count). The van der Waals surface area contributed by atoms with Gasteiger partial charge in [0.2, 0.25) is 0 Å². The third-order valence-electron chi connectivity index (χ3n) is 4.44. The van der Waals surface area contributed by atoms with Crippen molar-refractivity contribution in [3.8, 4) is 0 Å². The van der Waals surface area contributed by atoms with Crippen molar-refractivity contribution in [2.45, 2.75) is 56.5 Å². The zero-order chi connectivity index (χ0) is 13.3. The van der Waals surface area contributed by atoms with E-state index in [0.717, 1.165) is 31.4 Å². The van der Waals surface area contributed by atoms with Gasteiger partial charge in [0.25, 0.3) is 5.91 Å². The van der Waals surface area contributed by atoms with Gasteiger partial charge in [0.05, 0.1) is 12.1 Å². The van der Waals surface area contributed by atoms with Crippen molar-refractivity contribution in [2.75, 3.05) is 6.61 Å². The van der Waals surface area contributed by atoms with Gasteiger partial charge < -0.3 is 15.0 Å². The van der Waals surface area contributed by atoms with Crippen LogP contribution in [0.4, 0.5) is 0 Å². The highest BCUT2D eigenvalue weighted by molar-refractivity contribution is 5.93. The fourth-order valence-corrected chi connectivity index (χ4v) is 3.11. The summed E-state index contributed by atoms with van der Waals surface area (Å²) in [5.74, 6) is -0.0344. The minimum absolute atomic E-state index is 0.0344. The molecule has 19 heavy (non-hydrogen) atoms. The van der Waals surface area contributed by atoms with E-state index in [1.807, 2.05) is 18.3 Å². The number of hydrogen-bond acceptors (Lipinski definition) is 2. The zero-order valence-corrected chi connectivity index (χ0v) is 11.3. The van der Waals surface area contributed by atoms with Gasteiger partial charge in [-0.15, -0.1) is 0 Å². The standard InChI is InChI=1S/C15H22N2O2/c18-11-15(8-2-1-3-9-15)16-14(19)13-5-4-10-17(13)12-6-7-12/h4-5,10,12,18H,1-3,6-9,11H2,(H,16,19). The van der Waals surface area contributed by atoms with Gasteiger partial charge in [0.15, 0.2) is 0 Å². The third-order valence-corrected chi connectivity index (χ3v) is 4.44. The first-order valence-corrected chi connectivity index (χ1v) is 7.34. The first-order chi connectivity index (χ1) is 9.24. The molecule has 2 fully saturated rings. The fraction of sp³-hybridized carbons (Fsp3) is 0.667. The van der Waals surface area contributed by atoms with Crippen molar-refractivity contribution < 1.29 is 9.90 Å². The Kier molecular flexibility index (Phi) is 3.35. The molecule has 104 valence electrons. The molecule has 1 aromatic heterocycles. The molecule has 2 saturated carbocycles. The molecule has 0 bridgehead atoms. The van der Waals surface area contributed by atoms with Crippen molar-refractivity contribution in [3.63, 3.8) is 0 Å². The van der Waals surface area contributed by atoms with Gasteiger partial charge in [-0.2, -0.15) is 0 Å². The quantitative estimate of drug-likeness (QED) is 0.874. The number of aliphatic hydroxyl groups excluding tert-OH is 1. The second kappa shape index (κ2) is 5.00. The summed E-state index contributed by atoms with van der Waals surface area (Å²) in [6, 6.07) is 4.31. The summed E-state index contributed by atoms with van der Waals surface area (Å²) in [4.78, 5) is 12.4. The van der Waals surface area contributed by atoms with Crippen LogP contribution in [0.25, 0.3) is 0 Å². The zero-order valence-electron chi connectivity index (χ0n) is 11.3. The van der Waals surface area contributed by atoms with Gasteiger partial charge in [0.1, 0.15) is 5.69 Å². The largest absolute Gasteiger partial charge is 0.394 e. The van der Waals surface area contributed by atoms with Crippen molar-refractivity contribution in [2.24, 2.45) is 0 Å². The highest BCUT2D eigenvalue weighted by Crippen LogP contribution is 2.36. The van der Waals surface area contributed by atoms with Gasteiger partial charge in [-0.3, -0.25) is 4.79 Å². The molecule has 4 nitrogen and oxygen atoms in total. The number of rotatable bonds is 4. The average molecular weight is 262 g/mol. The van der Waals surface area contributed by atoms with E-state index in [2.05, 4.69) is 9.88 Å². The Labute approximate surface area is 113 Å². The summed E-state index contributed by atoms with van der Waals surface area (Å²) < 4.78 is 2.07. The predicted octanol–water partition coefficient (Wildman–Crippen LogP) is 2.25. The summed E-state index contributed by atoms with van der Waals surface area (Å²) in [7, 11) is 0. The molecule has 1 amide bonds. The first-order valence-electron chi connectivity index (χ1n) is 7.34. The van der Waals surface area contributed by atoms with Gasteiger partial charge in [-0.25, -0.2) is 0 Å². The van der Waals surface area contributed by atoms with E-state index in [9.17, 15) is 9.90 Å². The number of carbonyl (C=O) groups is 1. The van der Waals surface area contributed by atoms with E-state index < -0.39 is 5.54 Å². The molecule has 2 N–H and O–H groups in total. The molecule has 4 heteroatoms. The molecule has 0 saturated heterocycles. The van der Waals surface area contributed by atoms with Crippen LogP contribution < -0.4 is 5.32 Å². The van der Waals surface area contributed by atoms with Crippen molar-refractivity contribution in [1.29, 1.82) is 0 Å². The lowest BCUT2D eigenvalue weighted by Gasteiger charge is -2.36. The van der Waals surface area contributed by atoms with E-state index in [1.165, 1.54) is 19.3 Å². The van der Waals surface area contributed by atoms with E-state index >= 15 is 0 Å². The van der Waals surface area contributed by atoms with Crippen LogP contribution in [-0.4, -0.2) is 27.7 Å². The number of carbonyl (C=O) groups excluding carboxylic acids is 1. The van der Waals surface area contributed by atoms with Crippen LogP contribution in [0, 0.1) is 0 Å². The van der Waals surface area contributed by atoms with Crippen LogP contribution in [-0.2, 0) is 0 Å². The Bertz CT molecular complexity index is 456. The van der Waals surface area contributed by atoms with Crippen LogP contribution in [0.5, 0.6) is 0 Å². The maximum atomic E-state index is 12.4.